The van der Waals surface area contributed by atoms with E-state index in [0.29, 0.717) is 17.2 Å². The molecule has 3 aromatic carbocycles. The molecule has 0 bridgehead atoms. The van der Waals surface area contributed by atoms with Gasteiger partial charge in [0.25, 0.3) is 0 Å². The molecule has 2 N–H and O–H groups in total. The van der Waals surface area contributed by atoms with Gasteiger partial charge in [0, 0.05) is 0 Å². The molecule has 0 aliphatic heterocycles. The highest BCUT2D eigenvalue weighted by molar-refractivity contribution is 5.40. The lowest BCUT2D eigenvalue weighted by molar-refractivity contribution is -0.163. The lowest BCUT2D eigenvalue weighted by Crippen LogP contribution is -2.42. The summed E-state index contributed by atoms with van der Waals surface area (Å²) in [5.41, 5.74) is 2.61. The molecule has 0 heterocycles. The van der Waals surface area contributed by atoms with Crippen LogP contribution < -0.4 is 5.73 Å². The fraction of sp³-hybridized carbons (Fsp3) is 0.217. The van der Waals surface area contributed by atoms with Crippen LogP contribution in [0.4, 0.5) is 26.3 Å². The second-order valence-corrected chi connectivity index (χ2v) is 7.03. The van der Waals surface area contributed by atoms with Gasteiger partial charge >= 0.3 is 12.4 Å². The molecule has 0 unspecified atom stereocenters. The topological polar surface area (TPSA) is 35.2 Å². The van der Waals surface area contributed by atoms with Gasteiger partial charge in [-0.05, 0) is 22.8 Å². The fourth-order valence-corrected chi connectivity index (χ4v) is 3.42. The van der Waals surface area contributed by atoms with Crippen molar-refractivity contribution in [3.8, 4) is 0 Å². The van der Waals surface area contributed by atoms with Crippen LogP contribution >= 0.6 is 0 Å². The Morgan fingerprint density at radius 1 is 0.645 bits per heavy atom. The van der Waals surface area contributed by atoms with Gasteiger partial charge in [-0.2, -0.15) is 26.3 Å². The van der Waals surface area contributed by atoms with Crippen LogP contribution in [0.5, 0.6) is 0 Å². The van der Waals surface area contributed by atoms with Crippen LogP contribution in [0.15, 0.2) is 78.9 Å². The van der Waals surface area contributed by atoms with Crippen molar-refractivity contribution in [1.29, 1.82) is 0 Å². The second kappa shape index (κ2) is 8.72. The Bertz CT molecular complexity index is 961. The Balaban J connectivity index is 1.92. The first-order chi connectivity index (χ1) is 14.5. The molecule has 3 rings (SSSR count). The predicted molar refractivity (Wildman–Crippen MR) is 104 cm³/mol. The first-order valence-electron chi connectivity index (χ1n) is 9.27. The standard InChI is InChI=1S/C23H19F6NO/c24-22(25,26)19-13-7-8-16(20(19)23(27,28)29)14-31-15-21(30,17-9-3-1-4-10-17)18-11-5-2-6-12-18/h1-13H,14-15,30H2. The number of benzene rings is 3. The van der Waals surface area contributed by atoms with E-state index in [1.54, 1.807) is 60.7 Å². The molecular weight excluding hydrogens is 420 g/mol. The second-order valence-electron chi connectivity index (χ2n) is 7.03. The van der Waals surface area contributed by atoms with Crippen LogP contribution in [0, 0.1) is 0 Å². The molecule has 0 aliphatic carbocycles. The van der Waals surface area contributed by atoms with Crippen LogP contribution in [0.3, 0.4) is 0 Å². The number of rotatable bonds is 6. The van der Waals surface area contributed by atoms with Crippen LogP contribution in [0.2, 0.25) is 0 Å². The van der Waals surface area contributed by atoms with Crippen molar-refractivity contribution in [1.82, 2.24) is 0 Å². The van der Waals surface area contributed by atoms with Gasteiger partial charge in [-0.15, -0.1) is 0 Å². The maximum atomic E-state index is 13.5. The molecule has 0 aliphatic rings. The Morgan fingerprint density at radius 3 is 1.61 bits per heavy atom. The number of ether oxygens (including phenoxy) is 1. The minimum atomic E-state index is -5.19. The van der Waals surface area contributed by atoms with Crippen molar-refractivity contribution in [3.63, 3.8) is 0 Å². The number of hydrogen-bond donors (Lipinski definition) is 1. The van der Waals surface area contributed by atoms with Gasteiger partial charge in [0.15, 0.2) is 0 Å². The molecule has 0 spiro atoms. The van der Waals surface area contributed by atoms with E-state index in [4.69, 9.17) is 10.5 Å². The summed E-state index contributed by atoms with van der Waals surface area (Å²) in [4.78, 5) is 0. The van der Waals surface area contributed by atoms with Gasteiger partial charge in [0.05, 0.1) is 29.9 Å². The zero-order valence-corrected chi connectivity index (χ0v) is 16.2. The van der Waals surface area contributed by atoms with E-state index >= 15 is 0 Å². The lowest BCUT2D eigenvalue weighted by atomic mass is 9.84. The maximum Gasteiger partial charge on any atom is 0.417 e. The van der Waals surface area contributed by atoms with Gasteiger partial charge in [0.2, 0.25) is 0 Å². The summed E-state index contributed by atoms with van der Waals surface area (Å²) in [5.74, 6) is 0. The Labute approximate surface area is 175 Å². The van der Waals surface area contributed by atoms with E-state index in [9.17, 15) is 26.3 Å². The van der Waals surface area contributed by atoms with Crippen LogP contribution in [-0.4, -0.2) is 6.61 Å². The Hall–Kier alpha value is -2.84. The van der Waals surface area contributed by atoms with Crippen LogP contribution in [0.1, 0.15) is 27.8 Å². The largest absolute Gasteiger partial charge is 0.417 e. The first-order valence-corrected chi connectivity index (χ1v) is 9.27. The van der Waals surface area contributed by atoms with E-state index in [1.165, 1.54) is 0 Å². The van der Waals surface area contributed by atoms with Crippen molar-refractivity contribution in [3.05, 3.63) is 107 Å². The molecule has 0 saturated heterocycles. The zero-order chi connectivity index (χ0) is 22.7. The van der Waals surface area contributed by atoms with Crippen molar-refractivity contribution >= 4 is 0 Å². The summed E-state index contributed by atoms with van der Waals surface area (Å²) in [6.45, 7) is -0.925. The van der Waals surface area contributed by atoms with Gasteiger partial charge in [-0.1, -0.05) is 72.8 Å². The first kappa shape index (κ1) is 22.8. The van der Waals surface area contributed by atoms with Gasteiger partial charge in [0.1, 0.15) is 0 Å². The van der Waals surface area contributed by atoms with Crippen molar-refractivity contribution in [2.45, 2.75) is 24.5 Å². The summed E-state index contributed by atoms with van der Waals surface area (Å²) in [7, 11) is 0. The summed E-state index contributed by atoms with van der Waals surface area (Å²) < 4.78 is 85.3. The molecule has 8 heteroatoms. The van der Waals surface area contributed by atoms with Crippen molar-refractivity contribution < 1.29 is 31.1 Å². The summed E-state index contributed by atoms with van der Waals surface area (Å²) in [6.07, 6.45) is -10.3. The van der Waals surface area contributed by atoms with Crippen LogP contribution in [0.25, 0.3) is 0 Å². The Kier molecular flexibility index (Phi) is 6.43. The predicted octanol–water partition coefficient (Wildman–Crippen LogP) is 6.14. The van der Waals surface area contributed by atoms with Crippen LogP contribution in [-0.2, 0) is 29.2 Å². The summed E-state index contributed by atoms with van der Waals surface area (Å²) in [6, 6.07) is 19.9. The molecular formula is C23H19F6NO. The van der Waals surface area contributed by atoms with Gasteiger partial charge < -0.3 is 10.5 Å². The molecule has 164 valence electrons. The molecule has 0 saturated carbocycles. The summed E-state index contributed by atoms with van der Waals surface area (Å²) >= 11 is 0. The minimum absolute atomic E-state index is 0.241. The smallest absolute Gasteiger partial charge is 0.374 e. The van der Waals surface area contributed by atoms with E-state index in [1.807, 2.05) is 0 Å². The summed E-state index contributed by atoms with van der Waals surface area (Å²) in [5, 5.41) is 0. The maximum absolute atomic E-state index is 13.5. The molecule has 0 amide bonds. The van der Waals surface area contributed by atoms with Crippen molar-refractivity contribution in [2.24, 2.45) is 5.73 Å². The SMILES string of the molecule is NC(COCc1cccc(C(F)(F)F)c1C(F)(F)F)(c1ccccc1)c1ccccc1. The average Bonchev–Trinajstić information content (AvgIpc) is 2.73. The van der Waals surface area contributed by atoms with E-state index < -0.39 is 41.2 Å². The van der Waals surface area contributed by atoms with Gasteiger partial charge in [-0.25, -0.2) is 0 Å². The Morgan fingerprint density at radius 2 is 1.16 bits per heavy atom. The monoisotopic (exact) mass is 439 g/mol. The molecule has 0 fully saturated rings. The third-order valence-corrected chi connectivity index (χ3v) is 4.90. The molecule has 2 nitrogen and oxygen atoms in total. The van der Waals surface area contributed by atoms with Crippen molar-refractivity contribution in [2.75, 3.05) is 6.61 Å². The minimum Gasteiger partial charge on any atom is -0.374 e. The zero-order valence-electron chi connectivity index (χ0n) is 16.2. The molecule has 0 radical (unpaired) electrons. The third kappa shape index (κ3) is 5.08. The van der Waals surface area contributed by atoms with Gasteiger partial charge in [-0.3, -0.25) is 0 Å². The van der Waals surface area contributed by atoms with E-state index in [-0.39, 0.29) is 6.61 Å². The quantitative estimate of drug-likeness (QED) is 0.468. The van der Waals surface area contributed by atoms with E-state index in [2.05, 4.69) is 0 Å². The number of nitrogens with two attached hydrogens (primary N) is 1. The number of hydrogen-bond acceptors (Lipinski definition) is 2. The number of halogens is 6. The normalized spacial score (nSPS) is 12.7. The molecule has 3 aromatic rings. The number of alkyl halides is 6. The molecule has 0 atom stereocenters. The lowest BCUT2D eigenvalue weighted by Gasteiger charge is -2.31. The highest BCUT2D eigenvalue weighted by atomic mass is 19.4. The fourth-order valence-electron chi connectivity index (χ4n) is 3.42. The molecule has 31 heavy (non-hydrogen) atoms. The highest BCUT2D eigenvalue weighted by Gasteiger charge is 2.44. The average molecular weight is 439 g/mol. The highest BCUT2D eigenvalue weighted by Crippen LogP contribution is 2.42. The third-order valence-electron chi connectivity index (χ3n) is 4.90. The van der Waals surface area contributed by atoms with E-state index in [0.717, 1.165) is 12.1 Å². The molecule has 0 aromatic heterocycles.